The molecule has 6 heavy (non-hydrogen) atoms. The second-order valence-electron chi connectivity index (χ2n) is 0.0452. The fraction of sp³-hybridized carbons (Fsp3) is 0. The normalized spacial score (nSPS) is 3.67. The van der Waals surface area contributed by atoms with Gasteiger partial charge in [-0.15, -0.1) is 0 Å². The van der Waals surface area contributed by atoms with Crippen molar-refractivity contribution in [2.24, 2.45) is 0 Å². The average molecular weight is 313 g/mol. The molecule has 0 saturated heterocycles. The molecule has 0 aliphatic carbocycles. The Hall–Kier alpha value is 1.19. The van der Waals surface area contributed by atoms with Crippen molar-refractivity contribution >= 4 is 18.8 Å². The first-order chi connectivity index (χ1) is 1.41. The molecule has 0 bridgehead atoms. The van der Waals surface area contributed by atoms with Crippen LogP contribution in [0.5, 0.6) is 0 Å². The molecule has 0 aromatic heterocycles. The first kappa shape index (κ1) is 27.1. The van der Waals surface area contributed by atoms with Crippen molar-refractivity contribution in [1.82, 2.24) is 0 Å². The van der Waals surface area contributed by atoms with E-state index < -0.39 is 16.5 Å². The van der Waals surface area contributed by atoms with Crippen LogP contribution in [0.1, 0.15) is 0 Å². The monoisotopic (exact) mass is 312 g/mol. The fourth-order valence-electron chi connectivity index (χ4n) is 0. The summed E-state index contributed by atoms with van der Waals surface area (Å²) >= 11 is -0.472. The van der Waals surface area contributed by atoms with Gasteiger partial charge in [0.05, 0.1) is 0 Å². The maximum Gasteiger partial charge on any atom is -0.693 e. The van der Waals surface area contributed by atoms with E-state index in [4.69, 9.17) is 18.8 Å². The molecule has 4 N–H and O–H groups in total. The molecule has 0 fully saturated rings. The molecule has 48 valence electrons. The van der Waals surface area contributed by atoms with Gasteiger partial charge in [-0.25, -0.2) is 0 Å². The minimum Gasteiger partial charge on any atom is -0.693 e. The van der Waals surface area contributed by atoms with Crippen LogP contribution in [0.25, 0.3) is 12.3 Å². The number of rotatable bonds is 0. The summed E-state index contributed by atoms with van der Waals surface area (Å²) in [5.41, 5.74) is 0. The molecule has 0 atom stereocenters. The number of halogens is 2. The largest absolute Gasteiger partial charge is 0.693 e. The van der Waals surface area contributed by atoms with Gasteiger partial charge in [-0.1, -0.05) is 0 Å². The van der Waals surface area contributed by atoms with Crippen LogP contribution in [-0.4, -0.2) is 0 Å². The topological polar surface area (TPSA) is 67.0 Å². The molecule has 0 spiro atoms. The van der Waals surface area contributed by atoms with E-state index in [1.165, 1.54) is 0 Å². The van der Waals surface area contributed by atoms with E-state index in [0.717, 1.165) is 0 Å². The van der Waals surface area contributed by atoms with Gasteiger partial charge < -0.3 is 19.7 Å². The molecule has 0 amide bonds. The van der Waals surface area contributed by atoms with Crippen LogP contribution in [0.2, 0.25) is 0 Å². The van der Waals surface area contributed by atoms with Crippen molar-refractivity contribution in [2.45, 2.75) is 0 Å². The summed E-state index contributed by atoms with van der Waals surface area (Å²) in [4.78, 5) is 0. The third kappa shape index (κ3) is 64.5. The fourth-order valence-corrected chi connectivity index (χ4v) is 0. The van der Waals surface area contributed by atoms with Crippen molar-refractivity contribution in [2.75, 3.05) is 0 Å². The van der Waals surface area contributed by atoms with Crippen molar-refractivity contribution in [3.8, 4) is 0 Å². The van der Waals surface area contributed by atoms with Gasteiger partial charge >= 0.3 is 35.3 Å². The number of nitrogens with two attached hydrogens (primary N) is 2. The summed E-state index contributed by atoms with van der Waals surface area (Å²) in [7, 11) is 9.75. The molecule has 0 unspecified atom stereocenters. The molecule has 0 radical (unpaired) electrons. The molecule has 0 saturated carbocycles. The van der Waals surface area contributed by atoms with Crippen molar-refractivity contribution in [3.05, 3.63) is 19.7 Å². The third-order valence-corrected chi connectivity index (χ3v) is 0. The molecular weight excluding hydrogens is 306 g/mol. The van der Waals surface area contributed by atoms with E-state index in [2.05, 4.69) is 0 Å². The van der Waals surface area contributed by atoms with Gasteiger partial charge in [-0.05, 0) is 0 Å². The zero-order valence-electron chi connectivity index (χ0n) is 3.23. The molecule has 0 heterocycles. The van der Waals surface area contributed by atoms with Gasteiger partial charge in [0.25, 0.3) is 0 Å². The minimum atomic E-state index is -0.472. The quantitative estimate of drug-likeness (QED) is 0.616. The summed E-state index contributed by atoms with van der Waals surface area (Å²) in [6.07, 6.45) is 0. The standard InChI is InChI=1S/CH3.2ClH.2H2N.Pt/h1H3;2*1H;2*1H2;/q-1;;;2*-1;+2/p-2. The molecule has 0 aromatic rings. The van der Waals surface area contributed by atoms with E-state index in [9.17, 15) is 0 Å². The Morgan fingerprint density at radius 3 is 1.00 bits per heavy atom. The predicted molar refractivity (Wildman–Crippen MR) is 28.7 cm³/mol. The zero-order valence-corrected chi connectivity index (χ0v) is 7.01. The van der Waals surface area contributed by atoms with Crippen LogP contribution in [0.4, 0.5) is 0 Å². The van der Waals surface area contributed by atoms with Crippen LogP contribution in [-0.2, 0) is 16.5 Å². The van der Waals surface area contributed by atoms with Crippen LogP contribution in [0, 0.1) is 7.43 Å². The summed E-state index contributed by atoms with van der Waals surface area (Å²) < 4.78 is 0. The second-order valence-corrected chi connectivity index (χ2v) is 3.33. The Bertz CT molecular complexity index is 11.5. The van der Waals surface area contributed by atoms with E-state index >= 15 is 0 Å². The predicted octanol–water partition coefficient (Wildman–Crippen LogP) is 3.26. The summed E-state index contributed by atoms with van der Waals surface area (Å²) in [5.74, 6) is 0. The second kappa shape index (κ2) is 34.8. The number of hydrogen-bond donors (Lipinski definition) is 0. The molecule has 0 aromatic carbocycles. The van der Waals surface area contributed by atoms with Crippen molar-refractivity contribution < 1.29 is 16.5 Å². The summed E-state index contributed by atoms with van der Waals surface area (Å²) in [6, 6.07) is 0. The Morgan fingerprint density at radius 1 is 1.00 bits per heavy atom. The van der Waals surface area contributed by atoms with Crippen LogP contribution < -0.4 is 0 Å². The van der Waals surface area contributed by atoms with Gasteiger partial charge in [-0.3, -0.25) is 0 Å². The summed E-state index contributed by atoms with van der Waals surface area (Å²) in [5, 5.41) is 0. The smallest absolute Gasteiger partial charge is 0.693 e. The van der Waals surface area contributed by atoms with Gasteiger partial charge in [0.2, 0.25) is 0 Å². The van der Waals surface area contributed by atoms with E-state index in [1.807, 2.05) is 0 Å². The van der Waals surface area contributed by atoms with Gasteiger partial charge in [-0.2, -0.15) is 0 Å². The maximum atomic E-state index is 4.88. The minimum absolute atomic E-state index is 0. The SMILES string of the molecule is [CH3-].[Cl][Pt][Cl].[NH2-].[NH2-]. The van der Waals surface area contributed by atoms with Gasteiger partial charge in [0.1, 0.15) is 0 Å². The molecule has 0 rings (SSSR count). The van der Waals surface area contributed by atoms with Gasteiger partial charge in [0.15, 0.2) is 0 Å². The molecule has 2 nitrogen and oxygen atoms in total. The van der Waals surface area contributed by atoms with Crippen LogP contribution >= 0.6 is 18.8 Å². The van der Waals surface area contributed by atoms with E-state index in [-0.39, 0.29) is 19.7 Å². The summed E-state index contributed by atoms with van der Waals surface area (Å²) in [6.45, 7) is 0. The van der Waals surface area contributed by atoms with Crippen LogP contribution in [0.15, 0.2) is 0 Å². The Labute approximate surface area is 55.1 Å². The van der Waals surface area contributed by atoms with Gasteiger partial charge in [0, 0.05) is 0 Å². The average Bonchev–Trinajstić information content (AvgIpc) is 0.918. The molecule has 5 heteroatoms. The molecular formula is CH7Cl2N2Pt-3. The van der Waals surface area contributed by atoms with Crippen molar-refractivity contribution in [3.63, 3.8) is 0 Å². The third-order valence-electron chi connectivity index (χ3n) is 0. The Balaban J connectivity index is -0.00000000667. The van der Waals surface area contributed by atoms with Crippen molar-refractivity contribution in [1.29, 1.82) is 0 Å². The molecule has 0 aliphatic heterocycles. The Kier molecular flexibility index (Phi) is 157. The Morgan fingerprint density at radius 2 is 1.00 bits per heavy atom. The maximum absolute atomic E-state index is 4.88. The van der Waals surface area contributed by atoms with E-state index in [0.29, 0.717) is 0 Å². The van der Waals surface area contributed by atoms with Crippen LogP contribution in [0.3, 0.4) is 0 Å². The first-order valence-corrected chi connectivity index (χ1v) is 5.87. The molecule has 0 aliphatic rings. The number of hydrogen-bond acceptors (Lipinski definition) is 0. The first-order valence-electron chi connectivity index (χ1n) is 0.239. The van der Waals surface area contributed by atoms with E-state index in [1.54, 1.807) is 0 Å². The zero-order chi connectivity index (χ0) is 2.71.